The molecule has 6 nitrogen and oxygen atoms in total. The van der Waals surface area contributed by atoms with Crippen LogP contribution >= 0.6 is 23.4 Å². The molecule has 1 atom stereocenters. The van der Waals surface area contributed by atoms with E-state index in [2.05, 4.69) is 10.3 Å². The zero-order valence-corrected chi connectivity index (χ0v) is 17.9. The van der Waals surface area contributed by atoms with E-state index in [0.29, 0.717) is 22.3 Å². The molecule has 2 heterocycles. The first-order valence-corrected chi connectivity index (χ1v) is 11.3. The number of hydrogen-bond donors (Lipinski definition) is 1. The molecule has 1 N–H and O–H groups in total. The van der Waals surface area contributed by atoms with Crippen LogP contribution in [0.1, 0.15) is 36.1 Å². The number of rotatable bonds is 6. The molecule has 2 aliphatic rings. The summed E-state index contributed by atoms with van der Waals surface area (Å²) in [6, 6.07) is 5.42. The van der Waals surface area contributed by atoms with Crippen LogP contribution in [-0.2, 0) is 28.9 Å². The highest BCUT2D eigenvalue weighted by atomic mass is 35.5. The number of nitrogens with zero attached hydrogens (tertiary/aromatic N) is 2. The Morgan fingerprint density at radius 3 is 3.03 bits per heavy atom. The van der Waals surface area contributed by atoms with Crippen molar-refractivity contribution in [1.82, 2.24) is 9.55 Å². The van der Waals surface area contributed by atoms with Crippen LogP contribution in [0.4, 0.5) is 5.69 Å². The fourth-order valence-corrected chi connectivity index (χ4v) is 5.00. The maximum Gasteiger partial charge on any atom is 0.348 e. The zero-order valence-electron chi connectivity index (χ0n) is 16.4. The Morgan fingerprint density at radius 1 is 1.38 bits per heavy atom. The van der Waals surface area contributed by atoms with E-state index in [9.17, 15) is 9.59 Å². The topological polar surface area (TPSA) is 73.2 Å². The number of anilines is 1. The number of aromatic nitrogens is 2. The van der Waals surface area contributed by atoms with Crippen LogP contribution < -0.4 is 11.0 Å². The molecule has 29 heavy (non-hydrogen) atoms. The molecule has 0 radical (unpaired) electrons. The van der Waals surface area contributed by atoms with Gasteiger partial charge in [0.15, 0.2) is 0 Å². The third-order valence-electron chi connectivity index (χ3n) is 5.49. The van der Waals surface area contributed by atoms with Crippen molar-refractivity contribution in [2.24, 2.45) is 0 Å². The first-order valence-electron chi connectivity index (χ1n) is 9.95. The molecule has 1 aliphatic carbocycles. The lowest BCUT2D eigenvalue weighted by atomic mass is 10.2. The SMILES string of the molecule is Cc1c(Cl)cccc1NC(=O)CSc1nc(=O)n(CC2CCCO2)c2c1CCC2. The Balaban J connectivity index is 1.47. The van der Waals surface area contributed by atoms with Crippen molar-refractivity contribution in [2.45, 2.75) is 56.7 Å². The molecule has 0 bridgehead atoms. The van der Waals surface area contributed by atoms with Crippen LogP contribution in [0.3, 0.4) is 0 Å². The van der Waals surface area contributed by atoms with Crippen molar-refractivity contribution in [1.29, 1.82) is 0 Å². The Hall–Kier alpha value is -1.83. The summed E-state index contributed by atoms with van der Waals surface area (Å²) in [5.74, 6) is 0.0538. The number of hydrogen-bond acceptors (Lipinski definition) is 5. The van der Waals surface area contributed by atoms with E-state index in [-0.39, 0.29) is 23.5 Å². The van der Waals surface area contributed by atoms with Crippen LogP contribution in [0.25, 0.3) is 0 Å². The van der Waals surface area contributed by atoms with Gasteiger partial charge in [0.1, 0.15) is 5.03 Å². The van der Waals surface area contributed by atoms with Gasteiger partial charge in [0.2, 0.25) is 5.91 Å². The molecule has 1 unspecified atom stereocenters. The molecule has 0 spiro atoms. The van der Waals surface area contributed by atoms with E-state index in [1.807, 2.05) is 13.0 Å². The minimum Gasteiger partial charge on any atom is -0.376 e. The van der Waals surface area contributed by atoms with Crippen molar-refractivity contribution in [3.8, 4) is 0 Å². The second-order valence-corrected chi connectivity index (χ2v) is 8.84. The summed E-state index contributed by atoms with van der Waals surface area (Å²) < 4.78 is 7.49. The molecule has 4 rings (SSSR count). The number of halogens is 1. The van der Waals surface area contributed by atoms with E-state index in [0.717, 1.165) is 55.5 Å². The number of fused-ring (bicyclic) bond motifs is 1. The summed E-state index contributed by atoms with van der Waals surface area (Å²) in [6.45, 7) is 3.21. The second kappa shape index (κ2) is 8.90. The number of carbonyl (C=O) groups excluding carboxylic acids is 1. The van der Waals surface area contributed by atoms with Crippen molar-refractivity contribution in [3.63, 3.8) is 0 Å². The van der Waals surface area contributed by atoms with Crippen molar-refractivity contribution < 1.29 is 9.53 Å². The Morgan fingerprint density at radius 2 is 2.24 bits per heavy atom. The summed E-state index contributed by atoms with van der Waals surface area (Å²) in [5.41, 5.74) is 3.47. The van der Waals surface area contributed by atoms with Gasteiger partial charge in [-0.1, -0.05) is 29.4 Å². The van der Waals surface area contributed by atoms with Gasteiger partial charge >= 0.3 is 5.69 Å². The number of nitrogens with one attached hydrogen (secondary N) is 1. The summed E-state index contributed by atoms with van der Waals surface area (Å²) in [4.78, 5) is 29.4. The lowest BCUT2D eigenvalue weighted by Gasteiger charge is -2.17. The monoisotopic (exact) mass is 433 g/mol. The van der Waals surface area contributed by atoms with Gasteiger partial charge in [0, 0.05) is 28.6 Å². The Kier molecular flexibility index (Phi) is 6.27. The third kappa shape index (κ3) is 4.52. The van der Waals surface area contributed by atoms with E-state index >= 15 is 0 Å². The average molecular weight is 434 g/mol. The summed E-state index contributed by atoms with van der Waals surface area (Å²) in [5, 5.41) is 4.19. The van der Waals surface area contributed by atoms with E-state index < -0.39 is 0 Å². The first kappa shape index (κ1) is 20.4. The predicted octanol–water partition coefficient (Wildman–Crippen LogP) is 3.60. The number of ether oxygens (including phenoxy) is 1. The molecule has 1 aromatic heterocycles. The zero-order chi connectivity index (χ0) is 20.4. The van der Waals surface area contributed by atoms with Crippen molar-refractivity contribution in [2.75, 3.05) is 17.7 Å². The highest BCUT2D eigenvalue weighted by Crippen LogP contribution is 2.30. The van der Waals surface area contributed by atoms with Crippen molar-refractivity contribution in [3.05, 3.63) is 50.5 Å². The van der Waals surface area contributed by atoms with Crippen molar-refractivity contribution >= 4 is 35.0 Å². The maximum absolute atomic E-state index is 12.7. The highest BCUT2D eigenvalue weighted by Gasteiger charge is 2.25. The van der Waals surface area contributed by atoms with Crippen LogP contribution in [-0.4, -0.2) is 33.9 Å². The number of amides is 1. The molecule has 1 saturated heterocycles. The standard InChI is InChI=1S/C21H24ClN3O3S/c1-13-16(22)7-3-8-17(13)23-19(26)12-29-20-15-6-2-9-18(15)25(21(27)24-20)11-14-5-4-10-28-14/h3,7-8,14H,2,4-6,9-12H2,1H3,(H,23,26). The quantitative estimate of drug-likeness (QED) is 0.556. The van der Waals surface area contributed by atoms with Gasteiger partial charge in [0.25, 0.3) is 0 Å². The Bertz CT molecular complexity index is 986. The molecule has 8 heteroatoms. The number of thioether (sulfide) groups is 1. The average Bonchev–Trinajstić information content (AvgIpc) is 3.38. The fourth-order valence-electron chi connectivity index (χ4n) is 3.95. The van der Waals surface area contributed by atoms with Gasteiger partial charge < -0.3 is 10.1 Å². The number of benzene rings is 1. The Labute approximate surface area is 179 Å². The van der Waals surface area contributed by atoms with Crippen LogP contribution in [0.15, 0.2) is 28.0 Å². The van der Waals surface area contributed by atoms with Crippen LogP contribution in [0, 0.1) is 6.92 Å². The van der Waals surface area contributed by atoms with Gasteiger partial charge in [-0.25, -0.2) is 4.79 Å². The third-order valence-corrected chi connectivity index (χ3v) is 6.92. The lowest BCUT2D eigenvalue weighted by Crippen LogP contribution is -2.31. The minimum absolute atomic E-state index is 0.101. The molecule has 1 fully saturated rings. The lowest BCUT2D eigenvalue weighted by molar-refractivity contribution is -0.113. The molecule has 1 aromatic carbocycles. The molecule has 154 valence electrons. The minimum atomic E-state index is -0.241. The van der Waals surface area contributed by atoms with Gasteiger partial charge in [-0.3, -0.25) is 9.36 Å². The van der Waals surface area contributed by atoms with Crippen LogP contribution in [0.5, 0.6) is 0 Å². The van der Waals surface area contributed by atoms with Gasteiger partial charge in [-0.2, -0.15) is 4.98 Å². The normalized spacial score (nSPS) is 18.1. The maximum atomic E-state index is 12.7. The molecule has 2 aromatic rings. The van der Waals surface area contributed by atoms with E-state index in [1.54, 1.807) is 16.7 Å². The molecule has 1 amide bonds. The first-order chi connectivity index (χ1) is 14.0. The molecule has 0 saturated carbocycles. The highest BCUT2D eigenvalue weighted by molar-refractivity contribution is 8.00. The van der Waals surface area contributed by atoms with Gasteiger partial charge in [-0.05, 0) is 56.7 Å². The molecular formula is C21H24ClN3O3S. The largest absolute Gasteiger partial charge is 0.376 e. The molecule has 1 aliphatic heterocycles. The number of carbonyl (C=O) groups is 1. The predicted molar refractivity (Wildman–Crippen MR) is 115 cm³/mol. The van der Waals surface area contributed by atoms with E-state index in [1.165, 1.54) is 11.8 Å². The molecular weight excluding hydrogens is 410 g/mol. The summed E-state index contributed by atoms with van der Waals surface area (Å²) >= 11 is 7.44. The summed E-state index contributed by atoms with van der Waals surface area (Å²) in [6.07, 6.45) is 4.91. The smallest absolute Gasteiger partial charge is 0.348 e. The van der Waals surface area contributed by atoms with E-state index in [4.69, 9.17) is 16.3 Å². The van der Waals surface area contributed by atoms with Gasteiger partial charge in [-0.15, -0.1) is 0 Å². The van der Waals surface area contributed by atoms with Gasteiger partial charge in [0.05, 0.1) is 18.4 Å². The fraction of sp³-hybridized carbons (Fsp3) is 0.476. The van der Waals surface area contributed by atoms with Crippen LogP contribution in [0.2, 0.25) is 5.02 Å². The summed E-state index contributed by atoms with van der Waals surface area (Å²) in [7, 11) is 0. The second-order valence-electron chi connectivity index (χ2n) is 7.47.